The molecule has 0 bridgehead atoms. The number of nitrogens with zero attached hydrogens (tertiary/aromatic N) is 1. The Morgan fingerprint density at radius 3 is 2.44 bits per heavy atom. The summed E-state index contributed by atoms with van der Waals surface area (Å²) in [6.45, 7) is 0. The number of H-pyrrole nitrogens is 2. The predicted molar refractivity (Wildman–Crippen MR) is 33.8 cm³/mol. The number of aromatic amines is 2. The smallest absolute Gasteiger partial charge is 0.283 e. The highest BCUT2D eigenvalue weighted by Crippen LogP contribution is 2.04. The quantitative estimate of drug-likeness (QED) is 0.615. The molecule has 1 aromatic rings. The van der Waals surface area contributed by atoms with Gasteiger partial charge in [-0.2, -0.15) is 5.26 Å². The van der Waals surface area contributed by atoms with Gasteiger partial charge in [0, 0.05) is 0 Å². The van der Waals surface area contributed by atoms with E-state index < -0.39 is 5.56 Å². The van der Waals surface area contributed by atoms with E-state index in [2.05, 4.69) is 26.1 Å². The largest absolute Gasteiger partial charge is 0.290 e. The summed E-state index contributed by atoms with van der Waals surface area (Å²) >= 11 is 2.97. The van der Waals surface area contributed by atoms with Crippen LogP contribution in [-0.2, 0) is 0 Å². The highest BCUT2D eigenvalue weighted by atomic mass is 79.9. The highest BCUT2D eigenvalue weighted by Gasteiger charge is 2.03. The van der Waals surface area contributed by atoms with Gasteiger partial charge in [0.15, 0.2) is 5.56 Å². The lowest BCUT2D eigenvalue weighted by molar-refractivity contribution is 1.04. The van der Waals surface area contributed by atoms with Crippen molar-refractivity contribution in [2.75, 3.05) is 0 Å². The lowest BCUT2D eigenvalue weighted by Gasteiger charge is -1.73. The van der Waals surface area contributed by atoms with Gasteiger partial charge in [-0.15, -0.1) is 0 Å². The average molecular weight is 188 g/mol. The van der Waals surface area contributed by atoms with E-state index in [1.165, 1.54) is 0 Å². The topological polar surface area (TPSA) is 72.4 Å². The van der Waals surface area contributed by atoms with Crippen LogP contribution >= 0.6 is 15.9 Å². The van der Waals surface area contributed by atoms with Crippen LogP contribution in [0.5, 0.6) is 0 Å². The summed E-state index contributed by atoms with van der Waals surface area (Å²) in [7, 11) is 0. The Kier molecular flexibility index (Phi) is 1.40. The Labute approximate surface area is 58.6 Å². The van der Waals surface area contributed by atoms with Crippen LogP contribution < -0.4 is 5.56 Å². The first-order valence-corrected chi connectivity index (χ1v) is 2.91. The van der Waals surface area contributed by atoms with Crippen LogP contribution in [0.4, 0.5) is 0 Å². The van der Waals surface area contributed by atoms with Gasteiger partial charge < -0.3 is 0 Å². The summed E-state index contributed by atoms with van der Waals surface area (Å²) in [5, 5.41) is 13.0. The zero-order valence-electron chi connectivity index (χ0n) is 4.23. The normalized spacial score (nSPS) is 8.89. The zero-order valence-corrected chi connectivity index (χ0v) is 5.82. The van der Waals surface area contributed by atoms with E-state index >= 15 is 0 Å². The van der Waals surface area contributed by atoms with E-state index in [1.54, 1.807) is 6.07 Å². The van der Waals surface area contributed by atoms with Crippen molar-refractivity contribution in [3.8, 4) is 6.07 Å². The maximum Gasteiger partial charge on any atom is 0.283 e. The summed E-state index contributed by atoms with van der Waals surface area (Å²) in [5.41, 5.74) is -0.320. The van der Waals surface area contributed by atoms with Gasteiger partial charge in [0.25, 0.3) is 5.56 Å². The highest BCUT2D eigenvalue weighted by molar-refractivity contribution is 9.10. The second kappa shape index (κ2) is 2.07. The van der Waals surface area contributed by atoms with Crippen molar-refractivity contribution in [3.63, 3.8) is 0 Å². The summed E-state index contributed by atoms with van der Waals surface area (Å²) in [6.07, 6.45) is 0. The van der Waals surface area contributed by atoms with Crippen LogP contribution in [0.3, 0.4) is 0 Å². The van der Waals surface area contributed by atoms with Crippen molar-refractivity contribution < 1.29 is 0 Å². The Bertz CT molecular complexity index is 304. The van der Waals surface area contributed by atoms with Gasteiger partial charge in [-0.3, -0.25) is 15.0 Å². The van der Waals surface area contributed by atoms with Crippen LogP contribution in [0.15, 0.2) is 9.40 Å². The van der Waals surface area contributed by atoms with Gasteiger partial charge in [-0.05, 0) is 15.9 Å². The second-order valence-electron chi connectivity index (χ2n) is 1.38. The molecule has 1 heterocycles. The molecule has 0 aliphatic carbocycles. The van der Waals surface area contributed by atoms with Crippen molar-refractivity contribution in [2.45, 2.75) is 0 Å². The predicted octanol–water partition coefficient (Wildman–Crippen LogP) is 0.337. The number of nitrogens with one attached hydrogen (secondary N) is 2. The van der Waals surface area contributed by atoms with Crippen LogP contribution in [0.2, 0.25) is 0 Å². The molecule has 0 saturated heterocycles. The van der Waals surface area contributed by atoms with Crippen molar-refractivity contribution in [3.05, 3.63) is 20.5 Å². The molecule has 0 aliphatic rings. The Hall–Kier alpha value is -1.02. The fraction of sp³-hybridized carbons (Fsp3) is 0. The standard InChI is InChI=1S/C4H2BrN3O/c5-3-2(1-6)4(9)8-7-3/h(H2,7,8,9). The minimum Gasteiger partial charge on any atom is -0.290 e. The Morgan fingerprint density at radius 1 is 1.56 bits per heavy atom. The van der Waals surface area contributed by atoms with Crippen molar-refractivity contribution in [1.29, 1.82) is 5.26 Å². The summed E-state index contributed by atoms with van der Waals surface area (Å²) in [5.74, 6) is 0. The second-order valence-corrected chi connectivity index (χ2v) is 2.17. The summed E-state index contributed by atoms with van der Waals surface area (Å²) < 4.78 is 0.398. The Balaban J connectivity index is 3.46. The summed E-state index contributed by atoms with van der Waals surface area (Å²) in [4.78, 5) is 10.5. The molecule has 0 radical (unpaired) electrons. The molecule has 0 saturated carbocycles. The molecule has 4 nitrogen and oxygen atoms in total. The minimum absolute atomic E-state index is 0.0787. The molecule has 2 N–H and O–H groups in total. The molecule has 1 rings (SSSR count). The fourth-order valence-electron chi connectivity index (χ4n) is 0.436. The monoisotopic (exact) mass is 187 g/mol. The Morgan fingerprint density at radius 2 is 2.22 bits per heavy atom. The first-order chi connectivity index (χ1) is 4.25. The molecule has 0 amide bonds. The number of rotatable bonds is 0. The number of nitriles is 1. The molecule has 5 heteroatoms. The minimum atomic E-state index is -0.399. The van der Waals surface area contributed by atoms with Crippen LogP contribution in [0.1, 0.15) is 5.56 Å². The number of hydrogen-bond acceptors (Lipinski definition) is 2. The average Bonchev–Trinajstić information content (AvgIpc) is 2.12. The molecule has 46 valence electrons. The zero-order chi connectivity index (χ0) is 6.85. The van der Waals surface area contributed by atoms with Crippen LogP contribution in [0, 0.1) is 11.3 Å². The maximum absolute atomic E-state index is 10.5. The lowest BCUT2D eigenvalue weighted by atomic mass is 10.4. The van der Waals surface area contributed by atoms with E-state index in [0.29, 0.717) is 4.60 Å². The first-order valence-electron chi connectivity index (χ1n) is 2.12. The van der Waals surface area contributed by atoms with E-state index in [-0.39, 0.29) is 5.56 Å². The molecule has 1 aromatic heterocycles. The molecule has 0 unspecified atom stereocenters. The fourth-order valence-corrected chi connectivity index (χ4v) is 0.804. The van der Waals surface area contributed by atoms with Crippen molar-refractivity contribution >= 4 is 15.9 Å². The molecule has 0 aliphatic heterocycles. The van der Waals surface area contributed by atoms with Crippen molar-refractivity contribution in [1.82, 2.24) is 10.2 Å². The molecular formula is C4H2BrN3O. The van der Waals surface area contributed by atoms with Gasteiger partial charge in [-0.25, -0.2) is 0 Å². The van der Waals surface area contributed by atoms with E-state index in [4.69, 9.17) is 5.26 Å². The van der Waals surface area contributed by atoms with Gasteiger partial charge >= 0.3 is 0 Å². The van der Waals surface area contributed by atoms with Gasteiger partial charge in [-0.1, -0.05) is 0 Å². The third kappa shape index (κ3) is 0.886. The molecule has 0 aromatic carbocycles. The van der Waals surface area contributed by atoms with Gasteiger partial charge in [0.2, 0.25) is 0 Å². The molecule has 0 atom stereocenters. The molecule has 0 fully saturated rings. The summed E-state index contributed by atoms with van der Waals surface area (Å²) in [6, 6.07) is 1.72. The molecule has 9 heavy (non-hydrogen) atoms. The SMILES string of the molecule is N#Cc1c(Br)[nH][nH]c1=O. The van der Waals surface area contributed by atoms with E-state index in [9.17, 15) is 4.79 Å². The van der Waals surface area contributed by atoms with E-state index in [0.717, 1.165) is 0 Å². The molecular weight excluding hydrogens is 186 g/mol. The maximum atomic E-state index is 10.5. The number of halogens is 1. The van der Waals surface area contributed by atoms with Crippen molar-refractivity contribution in [2.24, 2.45) is 0 Å². The number of aromatic nitrogens is 2. The third-order valence-electron chi connectivity index (χ3n) is 0.844. The number of hydrogen-bond donors (Lipinski definition) is 2. The van der Waals surface area contributed by atoms with Crippen LogP contribution in [0.25, 0.3) is 0 Å². The van der Waals surface area contributed by atoms with E-state index in [1.807, 2.05) is 0 Å². The third-order valence-corrected chi connectivity index (χ3v) is 1.44. The lowest BCUT2D eigenvalue weighted by Crippen LogP contribution is -2.01. The first kappa shape index (κ1) is 6.11. The van der Waals surface area contributed by atoms with Gasteiger partial charge in [0.1, 0.15) is 10.7 Å². The van der Waals surface area contributed by atoms with Gasteiger partial charge in [0.05, 0.1) is 0 Å². The van der Waals surface area contributed by atoms with Crippen LogP contribution in [-0.4, -0.2) is 10.2 Å². The molecule has 0 spiro atoms.